The second kappa shape index (κ2) is 3.98. The highest BCUT2D eigenvalue weighted by Gasteiger charge is 2.44. The van der Waals surface area contributed by atoms with E-state index in [4.69, 9.17) is 4.74 Å². The zero-order chi connectivity index (χ0) is 12.7. The summed E-state index contributed by atoms with van der Waals surface area (Å²) in [6, 6.07) is 4.95. The molecule has 0 radical (unpaired) electrons. The molecule has 0 aromatic heterocycles. The Labute approximate surface area is 101 Å². The first-order valence-electron chi connectivity index (χ1n) is 5.93. The van der Waals surface area contributed by atoms with Gasteiger partial charge in [-0.25, -0.2) is 4.39 Å². The van der Waals surface area contributed by atoms with Crippen molar-refractivity contribution in [3.05, 3.63) is 29.6 Å². The van der Waals surface area contributed by atoms with Crippen LogP contribution in [0.25, 0.3) is 0 Å². The number of halogens is 1. The second-order valence-corrected chi connectivity index (χ2v) is 5.69. The first-order valence-corrected chi connectivity index (χ1v) is 5.93. The lowest BCUT2D eigenvalue weighted by atomic mass is 9.85. The normalized spacial score (nSPS) is 27.1. The molecule has 2 nitrogen and oxygen atoms in total. The fraction of sp³-hybridized carbons (Fsp3) is 0.571. The second-order valence-electron chi connectivity index (χ2n) is 5.69. The summed E-state index contributed by atoms with van der Waals surface area (Å²) in [5, 5.41) is 10.6. The molecule has 0 bridgehead atoms. The van der Waals surface area contributed by atoms with Gasteiger partial charge in [-0.2, -0.15) is 0 Å². The van der Waals surface area contributed by atoms with Crippen molar-refractivity contribution in [1.82, 2.24) is 0 Å². The third kappa shape index (κ3) is 2.16. The number of hydrogen-bond donors (Lipinski definition) is 1. The molecule has 0 spiro atoms. The molecule has 94 valence electrons. The molecule has 1 atom stereocenters. The van der Waals surface area contributed by atoms with Crippen molar-refractivity contribution in [2.75, 3.05) is 7.11 Å². The van der Waals surface area contributed by atoms with E-state index in [1.165, 1.54) is 7.11 Å². The maximum atomic E-state index is 14.1. The number of methoxy groups -OCH3 is 1. The summed E-state index contributed by atoms with van der Waals surface area (Å²) in [6.07, 6.45) is 2.09. The zero-order valence-corrected chi connectivity index (χ0v) is 10.6. The van der Waals surface area contributed by atoms with Gasteiger partial charge in [0.1, 0.15) is 0 Å². The number of benzene rings is 1. The van der Waals surface area contributed by atoms with Crippen LogP contribution in [0.4, 0.5) is 4.39 Å². The van der Waals surface area contributed by atoms with E-state index in [1.807, 2.05) is 0 Å². The molecule has 0 amide bonds. The highest BCUT2D eigenvalue weighted by atomic mass is 19.1. The van der Waals surface area contributed by atoms with Crippen molar-refractivity contribution in [3.8, 4) is 5.75 Å². The Morgan fingerprint density at radius 2 is 2.00 bits per heavy atom. The van der Waals surface area contributed by atoms with Gasteiger partial charge in [-0.3, -0.25) is 0 Å². The highest BCUT2D eigenvalue weighted by molar-refractivity contribution is 5.35. The molecule has 1 unspecified atom stereocenters. The van der Waals surface area contributed by atoms with Crippen molar-refractivity contribution in [3.63, 3.8) is 0 Å². The van der Waals surface area contributed by atoms with Crippen LogP contribution in [0.15, 0.2) is 18.2 Å². The minimum atomic E-state index is -1.05. The Kier molecular flexibility index (Phi) is 2.90. The van der Waals surface area contributed by atoms with E-state index in [0.717, 1.165) is 6.42 Å². The molecule has 1 saturated carbocycles. The molecular formula is C14H19FO2. The Balaban J connectivity index is 2.41. The van der Waals surface area contributed by atoms with Gasteiger partial charge in [-0.15, -0.1) is 0 Å². The minimum Gasteiger partial charge on any atom is -0.494 e. The summed E-state index contributed by atoms with van der Waals surface area (Å²) in [6.45, 7) is 4.20. The van der Waals surface area contributed by atoms with Gasteiger partial charge >= 0.3 is 0 Å². The molecule has 2 rings (SSSR count). The van der Waals surface area contributed by atoms with Gasteiger partial charge in [0.2, 0.25) is 0 Å². The topological polar surface area (TPSA) is 29.5 Å². The Morgan fingerprint density at radius 1 is 1.29 bits per heavy atom. The number of ether oxygens (including phenoxy) is 1. The maximum Gasteiger partial charge on any atom is 0.171 e. The van der Waals surface area contributed by atoms with Gasteiger partial charge in [-0.1, -0.05) is 26.0 Å². The standard InChI is InChI=1S/C14H19FO2/c1-13(2)7-8-14(16,9-13)10-5-4-6-11(17-3)12(10)15/h4-6,16H,7-9H2,1-3H3. The van der Waals surface area contributed by atoms with Gasteiger partial charge in [0, 0.05) is 5.56 Å². The maximum absolute atomic E-state index is 14.1. The van der Waals surface area contributed by atoms with Crippen molar-refractivity contribution < 1.29 is 14.2 Å². The average Bonchev–Trinajstić information content (AvgIpc) is 2.54. The quantitative estimate of drug-likeness (QED) is 0.857. The van der Waals surface area contributed by atoms with Crippen LogP contribution in [0.5, 0.6) is 5.75 Å². The molecule has 17 heavy (non-hydrogen) atoms. The molecule has 1 N–H and O–H groups in total. The van der Waals surface area contributed by atoms with E-state index in [-0.39, 0.29) is 11.2 Å². The average molecular weight is 238 g/mol. The Hall–Kier alpha value is -1.09. The van der Waals surface area contributed by atoms with E-state index in [9.17, 15) is 9.50 Å². The number of hydrogen-bond acceptors (Lipinski definition) is 2. The van der Waals surface area contributed by atoms with Crippen LogP contribution in [0, 0.1) is 11.2 Å². The summed E-state index contributed by atoms with van der Waals surface area (Å²) in [5.74, 6) is -0.240. The fourth-order valence-electron chi connectivity index (χ4n) is 2.77. The molecule has 0 aliphatic heterocycles. The first kappa shape index (κ1) is 12.4. The van der Waals surface area contributed by atoms with Gasteiger partial charge in [0.05, 0.1) is 12.7 Å². The van der Waals surface area contributed by atoms with Crippen LogP contribution in [0.1, 0.15) is 38.7 Å². The zero-order valence-electron chi connectivity index (χ0n) is 10.6. The molecule has 3 heteroatoms. The van der Waals surface area contributed by atoms with Crippen molar-refractivity contribution >= 4 is 0 Å². The lowest BCUT2D eigenvalue weighted by Crippen LogP contribution is -2.25. The first-order chi connectivity index (χ1) is 7.88. The molecule has 1 aliphatic rings. The van der Waals surface area contributed by atoms with E-state index in [0.29, 0.717) is 18.4 Å². The molecule has 1 fully saturated rings. The molecule has 0 heterocycles. The summed E-state index contributed by atoms with van der Waals surface area (Å²) in [4.78, 5) is 0. The summed E-state index contributed by atoms with van der Waals surface area (Å²) < 4.78 is 19.1. The van der Waals surface area contributed by atoms with E-state index in [1.54, 1.807) is 18.2 Å². The Morgan fingerprint density at radius 3 is 2.53 bits per heavy atom. The third-order valence-corrected chi connectivity index (χ3v) is 3.67. The van der Waals surface area contributed by atoms with Gasteiger partial charge in [0.25, 0.3) is 0 Å². The lowest BCUT2D eigenvalue weighted by molar-refractivity contribution is 0.0299. The monoisotopic (exact) mass is 238 g/mol. The van der Waals surface area contributed by atoms with Crippen molar-refractivity contribution in [2.24, 2.45) is 5.41 Å². The van der Waals surface area contributed by atoms with E-state index >= 15 is 0 Å². The largest absolute Gasteiger partial charge is 0.494 e. The van der Waals surface area contributed by atoms with Crippen LogP contribution in [-0.2, 0) is 5.60 Å². The number of rotatable bonds is 2. The van der Waals surface area contributed by atoms with Crippen LogP contribution in [0.2, 0.25) is 0 Å². The lowest BCUT2D eigenvalue weighted by Gasteiger charge is -2.26. The van der Waals surface area contributed by atoms with Crippen LogP contribution >= 0.6 is 0 Å². The predicted molar refractivity (Wildman–Crippen MR) is 64.5 cm³/mol. The predicted octanol–water partition coefficient (Wildman–Crippen LogP) is 3.23. The van der Waals surface area contributed by atoms with Crippen LogP contribution < -0.4 is 4.74 Å². The fourth-order valence-corrected chi connectivity index (χ4v) is 2.77. The number of aliphatic hydroxyl groups is 1. The summed E-state index contributed by atoms with van der Waals surface area (Å²) in [5.41, 5.74) is -0.630. The smallest absolute Gasteiger partial charge is 0.171 e. The van der Waals surface area contributed by atoms with Gasteiger partial charge < -0.3 is 9.84 Å². The Bertz CT molecular complexity index is 428. The minimum absolute atomic E-state index is 0.0598. The highest BCUT2D eigenvalue weighted by Crippen LogP contribution is 2.50. The van der Waals surface area contributed by atoms with Crippen LogP contribution in [-0.4, -0.2) is 12.2 Å². The molecule has 1 aromatic rings. The summed E-state index contributed by atoms with van der Waals surface area (Å²) >= 11 is 0. The van der Waals surface area contributed by atoms with Crippen molar-refractivity contribution in [2.45, 2.75) is 38.7 Å². The van der Waals surface area contributed by atoms with Crippen LogP contribution in [0.3, 0.4) is 0 Å². The molecule has 1 aromatic carbocycles. The van der Waals surface area contributed by atoms with E-state index in [2.05, 4.69) is 13.8 Å². The van der Waals surface area contributed by atoms with Crippen molar-refractivity contribution in [1.29, 1.82) is 0 Å². The molecular weight excluding hydrogens is 219 g/mol. The van der Waals surface area contributed by atoms with E-state index < -0.39 is 11.4 Å². The molecule has 1 aliphatic carbocycles. The SMILES string of the molecule is COc1cccc(C2(O)CCC(C)(C)C2)c1F. The van der Waals surface area contributed by atoms with Gasteiger partial charge in [-0.05, 0) is 30.7 Å². The molecule has 0 saturated heterocycles. The summed E-state index contributed by atoms with van der Waals surface area (Å²) in [7, 11) is 1.44. The van der Waals surface area contributed by atoms with Gasteiger partial charge in [0.15, 0.2) is 11.6 Å². The third-order valence-electron chi connectivity index (χ3n) is 3.67.